The van der Waals surface area contributed by atoms with Gasteiger partial charge in [0.1, 0.15) is 12.2 Å². The van der Waals surface area contributed by atoms with E-state index >= 15 is 0 Å². The van der Waals surface area contributed by atoms with Crippen molar-refractivity contribution in [2.45, 2.75) is 445 Å². The molecule has 0 aromatic heterocycles. The molecule has 0 bridgehead atoms. The minimum absolute atomic E-state index is 0.129. The summed E-state index contributed by atoms with van der Waals surface area (Å²) in [5, 5.41) is 12.1. The highest BCUT2D eigenvalue weighted by atomic mass is 31.2. The van der Waals surface area contributed by atoms with Crippen LogP contribution in [-0.4, -0.2) is 131 Å². The van der Waals surface area contributed by atoms with Crippen molar-refractivity contribution in [1.29, 1.82) is 0 Å². The monoisotopic (exact) mass is 1540 g/mol. The maximum atomic E-state index is 13.2. The third kappa shape index (κ3) is 77.4. The Kier molecular flexibility index (Phi) is 79.0. The topological polar surface area (TPSA) is 248 Å². The molecule has 0 fully saturated rings. The van der Waals surface area contributed by atoms with Crippen LogP contribution in [0.25, 0.3) is 0 Å². The molecule has 0 aliphatic carbocycles. The molecule has 0 aromatic rings. The summed E-state index contributed by atoms with van der Waals surface area (Å²) in [5.41, 5.74) is 0. The zero-order chi connectivity index (χ0) is 76.7. The minimum atomic E-state index is -4.55. The summed E-state index contributed by atoms with van der Waals surface area (Å²) in [6, 6.07) is -1.47. The molecule has 6 unspecified atom stereocenters. The lowest BCUT2D eigenvalue weighted by molar-refractivity contribution is -0.151. The van der Waals surface area contributed by atoms with Gasteiger partial charge in [-0.2, -0.15) is 0 Å². The first kappa shape index (κ1) is 103. The van der Waals surface area contributed by atoms with E-state index < -0.39 is 33.8 Å². The van der Waals surface area contributed by atoms with Gasteiger partial charge in [0.05, 0.1) is 64.9 Å². The fraction of sp³-hybridized carbons (Fsp3) is 0.964. The van der Waals surface area contributed by atoms with E-state index in [1.54, 1.807) is 0 Å². The van der Waals surface area contributed by atoms with Crippen LogP contribution in [0, 0.1) is 0 Å². The molecule has 6 atom stereocenters. The van der Waals surface area contributed by atoms with Crippen molar-refractivity contribution in [1.82, 2.24) is 21.3 Å². The number of urea groups is 1. The lowest BCUT2D eigenvalue weighted by Crippen LogP contribution is -2.39. The summed E-state index contributed by atoms with van der Waals surface area (Å²) in [6.07, 6.45) is 66.8. The van der Waals surface area contributed by atoms with Gasteiger partial charge >= 0.3 is 33.6 Å². The van der Waals surface area contributed by atoms with Crippen molar-refractivity contribution < 1.29 is 70.3 Å². The van der Waals surface area contributed by atoms with Gasteiger partial charge in [-0.05, 0) is 64.5 Å². The Balaban J connectivity index is 5.43. The quantitative estimate of drug-likeness (QED) is 0.0188. The average Bonchev–Trinajstić information content (AvgIpc) is 0.945. The van der Waals surface area contributed by atoms with Crippen molar-refractivity contribution in [3.8, 4) is 0 Å². The number of esters is 2. The molecular formula is C84H170N4O15P2. The first-order valence-electron chi connectivity index (χ1n) is 44.5. The van der Waals surface area contributed by atoms with E-state index in [-0.39, 0.29) is 76.9 Å². The Bertz CT molecular complexity index is 1950. The molecular weight excluding hydrogens is 1370 g/mol. The maximum absolute atomic E-state index is 13.2. The number of unbranched alkanes of at least 4 members (excludes halogenated alkanes) is 47. The van der Waals surface area contributed by atoms with Gasteiger partial charge in [0, 0.05) is 38.8 Å². The summed E-state index contributed by atoms with van der Waals surface area (Å²) < 4.78 is 72.4. The molecule has 19 nitrogen and oxygen atoms in total. The van der Waals surface area contributed by atoms with Crippen molar-refractivity contribution >= 4 is 33.6 Å². The molecule has 0 aliphatic rings. The van der Waals surface area contributed by atoms with E-state index in [4.69, 9.17) is 37.0 Å². The molecule has 0 saturated carbocycles. The lowest BCUT2D eigenvalue weighted by atomic mass is 10.0. The normalized spacial score (nSPS) is 14.1. The minimum Gasteiger partial charge on any atom is -0.462 e. The number of rotatable bonds is 87. The molecule has 0 saturated heterocycles. The number of hydrogen-bond donors (Lipinski definition) is 6. The van der Waals surface area contributed by atoms with Gasteiger partial charge in [-0.1, -0.05) is 343 Å². The molecule has 0 rings (SSSR count). The van der Waals surface area contributed by atoms with Crippen LogP contribution >= 0.6 is 15.6 Å². The van der Waals surface area contributed by atoms with E-state index in [1.165, 1.54) is 212 Å². The Morgan fingerprint density at radius 1 is 0.286 bits per heavy atom. The number of hydrogen-bond acceptors (Lipinski definition) is 15. The predicted octanol–water partition coefficient (Wildman–Crippen LogP) is 23.5. The average molecular weight is 1540 g/mol. The van der Waals surface area contributed by atoms with Crippen molar-refractivity contribution in [2.75, 3.05) is 79.0 Å². The molecule has 2 amide bonds. The van der Waals surface area contributed by atoms with Gasteiger partial charge in [-0.15, -0.1) is 0 Å². The van der Waals surface area contributed by atoms with Gasteiger partial charge in [0.2, 0.25) is 0 Å². The fourth-order valence-electron chi connectivity index (χ4n) is 13.2. The highest BCUT2D eigenvalue weighted by molar-refractivity contribution is 7.47. The molecule has 0 heterocycles. The van der Waals surface area contributed by atoms with Crippen molar-refractivity contribution in [2.24, 2.45) is 0 Å². The summed E-state index contributed by atoms with van der Waals surface area (Å²) in [4.78, 5) is 60.3. The summed E-state index contributed by atoms with van der Waals surface area (Å²) in [5.74, 6) is -0.280. The van der Waals surface area contributed by atoms with E-state index in [0.717, 1.165) is 141 Å². The van der Waals surface area contributed by atoms with Crippen LogP contribution in [0.1, 0.15) is 420 Å². The van der Waals surface area contributed by atoms with Crippen LogP contribution in [0.2, 0.25) is 0 Å². The number of phosphoric ester groups is 2. The van der Waals surface area contributed by atoms with E-state index in [9.17, 15) is 33.3 Å². The van der Waals surface area contributed by atoms with Crippen molar-refractivity contribution in [3.05, 3.63) is 0 Å². The largest absolute Gasteiger partial charge is 0.472 e. The van der Waals surface area contributed by atoms with Crippen LogP contribution in [0.5, 0.6) is 0 Å². The second-order valence-electron chi connectivity index (χ2n) is 30.3. The first-order chi connectivity index (χ1) is 51.2. The number of amides is 2. The molecule has 105 heavy (non-hydrogen) atoms. The van der Waals surface area contributed by atoms with Gasteiger partial charge in [-0.25, -0.2) is 13.9 Å². The highest BCUT2D eigenvalue weighted by Gasteiger charge is 2.26. The van der Waals surface area contributed by atoms with Crippen LogP contribution in [0.15, 0.2) is 0 Å². The summed E-state index contributed by atoms with van der Waals surface area (Å²) in [7, 11) is -9.10. The number of nitrogens with one attached hydrogen (secondary N) is 4. The predicted molar refractivity (Wildman–Crippen MR) is 436 cm³/mol. The van der Waals surface area contributed by atoms with E-state index in [2.05, 4.69) is 62.8 Å². The molecule has 0 aliphatic heterocycles. The first-order valence-corrected chi connectivity index (χ1v) is 47.5. The molecule has 626 valence electrons. The zero-order valence-corrected chi connectivity index (χ0v) is 70.9. The Morgan fingerprint density at radius 3 is 0.810 bits per heavy atom. The molecule has 21 heteroatoms. The van der Waals surface area contributed by atoms with Crippen molar-refractivity contribution in [3.63, 3.8) is 0 Å². The van der Waals surface area contributed by atoms with Gasteiger partial charge in [0.25, 0.3) is 0 Å². The fourth-order valence-corrected chi connectivity index (χ4v) is 14.7. The third-order valence-electron chi connectivity index (χ3n) is 20.0. The maximum Gasteiger partial charge on any atom is 0.472 e. The van der Waals surface area contributed by atoms with Crippen LogP contribution in [0.3, 0.4) is 0 Å². The molecule has 0 spiro atoms. The number of phosphoric acid groups is 2. The molecule has 0 aromatic carbocycles. The van der Waals surface area contributed by atoms with Crippen LogP contribution < -0.4 is 21.3 Å². The number of carbonyl (C=O) groups is 3. The Labute approximate surface area is 645 Å². The summed E-state index contributed by atoms with van der Waals surface area (Å²) in [6.45, 7) is 14.7. The summed E-state index contributed by atoms with van der Waals surface area (Å²) >= 11 is 0. The van der Waals surface area contributed by atoms with Crippen LogP contribution in [0.4, 0.5) is 4.79 Å². The Hall–Kier alpha value is -1.73. The zero-order valence-electron chi connectivity index (χ0n) is 69.1. The standard InChI is InChI=1S/C84H170N4O15P2/c1-7-13-19-25-29-33-35-37-39-43-47-53-59-67-86-79(75-97-71-65-81(61-55-49-24-18-12-6)103-83(90)63-57-51-45-41-32-28-22-16-10-4)77-101-105(94,95)99-73-69-88-84(91)87-68-72-98-104(92,93)100-76-78(85-66-58-52-46-42-38-36-34-30-26-20-14-8-2)74-96-70-64-80(60-54-48-23-17-11-5)102-82(89)62-56-50-44-40-31-27-21-15-9-3/h78-81,85-86H,7-77H2,1-6H3,(H,92,93)(H,94,95)(H2,87,88,91). The van der Waals surface area contributed by atoms with E-state index in [1.807, 2.05) is 0 Å². The smallest absolute Gasteiger partial charge is 0.462 e. The second-order valence-corrected chi connectivity index (χ2v) is 33.2. The van der Waals surface area contributed by atoms with Gasteiger partial charge in [-0.3, -0.25) is 27.7 Å². The lowest BCUT2D eigenvalue weighted by Gasteiger charge is -2.22. The van der Waals surface area contributed by atoms with E-state index in [0.29, 0.717) is 52.0 Å². The second kappa shape index (κ2) is 80.3. The van der Waals surface area contributed by atoms with Gasteiger partial charge < -0.3 is 50.0 Å². The molecule has 0 radical (unpaired) electrons. The van der Waals surface area contributed by atoms with Gasteiger partial charge in [0.15, 0.2) is 0 Å². The number of carbonyl (C=O) groups excluding carboxylic acids is 3. The molecule has 6 N–H and O–H groups in total. The third-order valence-corrected chi connectivity index (χ3v) is 21.9. The highest BCUT2D eigenvalue weighted by Crippen LogP contribution is 2.44. The SMILES string of the molecule is CCCCCCCCCCCCCCCNC(COCCC(CCCCCCC)OC(=O)CCCCCCCCCCC)COP(=O)(O)OCCNC(=O)NCCOP(=O)(O)OCC(COCCC(CCCCCCC)OC(=O)CCCCCCCCCCC)NCCCCCCCCCCCCCC. The Morgan fingerprint density at radius 2 is 0.533 bits per heavy atom. The number of ether oxygens (including phenoxy) is 4. The van der Waals surface area contributed by atoms with Crippen LogP contribution in [-0.2, 0) is 55.8 Å².